The van der Waals surface area contributed by atoms with Gasteiger partial charge in [-0.1, -0.05) is 55.8 Å². The van der Waals surface area contributed by atoms with Crippen molar-refractivity contribution in [1.29, 1.82) is 0 Å². The summed E-state index contributed by atoms with van der Waals surface area (Å²) >= 11 is 3.47. The number of hydrogen-bond acceptors (Lipinski definition) is 4. The number of benzene rings is 2. The van der Waals surface area contributed by atoms with Gasteiger partial charge in [0.05, 0.1) is 18.0 Å². The monoisotopic (exact) mass is 553 g/mol. The van der Waals surface area contributed by atoms with Gasteiger partial charge in [0.2, 0.25) is 0 Å². The lowest BCUT2D eigenvalue weighted by molar-refractivity contribution is 0.0518. The second kappa shape index (κ2) is 12.9. The summed E-state index contributed by atoms with van der Waals surface area (Å²) in [6, 6.07) is 17.0. The second-order valence-corrected chi connectivity index (χ2v) is 10.7. The van der Waals surface area contributed by atoms with Crippen LogP contribution in [0.25, 0.3) is 16.9 Å². The number of ether oxygens (including phenoxy) is 1. The zero-order valence-electron chi connectivity index (χ0n) is 21.8. The van der Waals surface area contributed by atoms with Gasteiger partial charge in [-0.2, -0.15) is 5.10 Å². The van der Waals surface area contributed by atoms with E-state index in [1.54, 1.807) is 17.7 Å². The van der Waals surface area contributed by atoms with Gasteiger partial charge in [-0.05, 0) is 74.1 Å². The zero-order valence-corrected chi connectivity index (χ0v) is 23.4. The number of amides is 1. The second-order valence-electron chi connectivity index (χ2n) is 9.76. The van der Waals surface area contributed by atoms with Crippen molar-refractivity contribution in [3.63, 3.8) is 0 Å². The first-order chi connectivity index (χ1) is 17.2. The summed E-state index contributed by atoms with van der Waals surface area (Å²) in [6.45, 7) is 12.3. The van der Waals surface area contributed by atoms with Crippen LogP contribution in [0.2, 0.25) is 0 Å². The minimum absolute atomic E-state index is 0.0451. The topological polar surface area (TPSA) is 64.4 Å². The Hall–Kier alpha value is -2.93. The number of esters is 1. The van der Waals surface area contributed by atoms with E-state index in [0.717, 1.165) is 47.3 Å². The molecule has 192 valence electrons. The molecule has 1 aromatic heterocycles. The van der Waals surface area contributed by atoms with E-state index in [9.17, 15) is 9.59 Å². The molecule has 0 spiro atoms. The third-order valence-electron chi connectivity index (χ3n) is 5.93. The van der Waals surface area contributed by atoms with Crippen LogP contribution in [0.5, 0.6) is 0 Å². The SMILES string of the molecule is CCOC(=O)c1cc(-c2ccc(Br)cc2)n(-c2ccc(C(=O)N(CCC(C)C)CCC(C)C)cc2)n1. The lowest BCUT2D eigenvalue weighted by atomic mass is 10.1. The molecule has 2 aromatic carbocycles. The van der Waals surface area contributed by atoms with Crippen molar-refractivity contribution in [2.24, 2.45) is 11.8 Å². The van der Waals surface area contributed by atoms with E-state index in [1.165, 1.54) is 0 Å². The average molecular weight is 555 g/mol. The first-order valence-electron chi connectivity index (χ1n) is 12.6. The number of rotatable bonds is 11. The molecule has 7 heteroatoms. The summed E-state index contributed by atoms with van der Waals surface area (Å²) in [5, 5.41) is 4.54. The highest BCUT2D eigenvalue weighted by molar-refractivity contribution is 9.10. The van der Waals surface area contributed by atoms with Crippen LogP contribution >= 0.6 is 15.9 Å². The molecule has 3 aromatic rings. The first kappa shape index (κ1) is 27.7. The van der Waals surface area contributed by atoms with Crippen LogP contribution in [0.15, 0.2) is 59.1 Å². The Morgan fingerprint density at radius 1 is 0.944 bits per heavy atom. The molecule has 0 fully saturated rings. The van der Waals surface area contributed by atoms with Crippen LogP contribution < -0.4 is 0 Å². The highest BCUT2D eigenvalue weighted by atomic mass is 79.9. The van der Waals surface area contributed by atoms with Crippen LogP contribution in [0, 0.1) is 11.8 Å². The Bertz CT molecular complexity index is 1140. The van der Waals surface area contributed by atoms with Crippen molar-refractivity contribution >= 4 is 27.8 Å². The number of hydrogen-bond donors (Lipinski definition) is 0. The number of aromatic nitrogens is 2. The Morgan fingerprint density at radius 3 is 2.06 bits per heavy atom. The van der Waals surface area contributed by atoms with Crippen molar-refractivity contribution in [1.82, 2.24) is 14.7 Å². The van der Waals surface area contributed by atoms with Gasteiger partial charge in [-0.3, -0.25) is 4.79 Å². The van der Waals surface area contributed by atoms with Crippen molar-refractivity contribution in [2.45, 2.75) is 47.5 Å². The zero-order chi connectivity index (χ0) is 26.2. The Morgan fingerprint density at radius 2 is 1.53 bits per heavy atom. The van der Waals surface area contributed by atoms with Gasteiger partial charge in [0, 0.05) is 28.7 Å². The molecule has 1 heterocycles. The van der Waals surface area contributed by atoms with Crippen molar-refractivity contribution in [2.75, 3.05) is 19.7 Å². The van der Waals surface area contributed by atoms with E-state index >= 15 is 0 Å². The fraction of sp³-hybridized carbons (Fsp3) is 0.414. The fourth-order valence-electron chi connectivity index (χ4n) is 3.78. The largest absolute Gasteiger partial charge is 0.461 e. The van der Waals surface area contributed by atoms with E-state index in [0.29, 0.717) is 17.4 Å². The minimum atomic E-state index is -0.465. The van der Waals surface area contributed by atoms with Gasteiger partial charge in [0.25, 0.3) is 5.91 Å². The quantitative estimate of drug-likeness (QED) is 0.239. The molecule has 0 aliphatic carbocycles. The third kappa shape index (κ3) is 7.29. The van der Waals surface area contributed by atoms with Gasteiger partial charge < -0.3 is 9.64 Å². The van der Waals surface area contributed by atoms with Gasteiger partial charge in [0.15, 0.2) is 5.69 Å². The highest BCUT2D eigenvalue weighted by Gasteiger charge is 2.20. The molecule has 0 saturated heterocycles. The predicted molar refractivity (Wildman–Crippen MR) is 147 cm³/mol. The minimum Gasteiger partial charge on any atom is -0.461 e. The molecule has 1 amide bonds. The standard InChI is InChI=1S/C29H36BrN3O3/c1-6-36-29(35)26-19-27(22-7-11-24(30)12-8-22)33(31-26)25-13-9-23(10-14-25)28(34)32(17-15-20(2)3)18-16-21(4)5/h7-14,19-21H,6,15-18H2,1-5H3. The normalized spacial score (nSPS) is 11.2. The summed E-state index contributed by atoms with van der Waals surface area (Å²) in [5.41, 5.74) is 3.32. The molecular weight excluding hydrogens is 518 g/mol. The smallest absolute Gasteiger partial charge is 0.358 e. The summed E-state index contributed by atoms with van der Waals surface area (Å²) in [7, 11) is 0. The number of carbonyl (C=O) groups excluding carboxylic acids is 2. The van der Waals surface area contributed by atoms with Gasteiger partial charge in [-0.25, -0.2) is 9.48 Å². The summed E-state index contributed by atoms with van der Waals surface area (Å²) in [4.78, 5) is 27.7. The maximum Gasteiger partial charge on any atom is 0.358 e. The number of carbonyl (C=O) groups is 2. The molecule has 0 aliphatic heterocycles. The molecule has 0 bridgehead atoms. The van der Waals surface area contributed by atoms with E-state index in [4.69, 9.17) is 4.74 Å². The summed E-state index contributed by atoms with van der Waals surface area (Å²) < 4.78 is 7.86. The van der Waals surface area contributed by atoms with Gasteiger partial charge >= 0.3 is 5.97 Å². The summed E-state index contributed by atoms with van der Waals surface area (Å²) in [5.74, 6) is 0.648. The van der Waals surface area contributed by atoms with Crippen molar-refractivity contribution < 1.29 is 14.3 Å². The Balaban J connectivity index is 1.92. The molecule has 0 atom stereocenters. The molecule has 0 unspecified atom stereocenters. The molecule has 0 aliphatic rings. The van der Waals surface area contributed by atoms with E-state index in [-0.39, 0.29) is 18.2 Å². The fourth-order valence-corrected chi connectivity index (χ4v) is 4.04. The third-order valence-corrected chi connectivity index (χ3v) is 6.46. The molecule has 36 heavy (non-hydrogen) atoms. The van der Waals surface area contributed by atoms with E-state index < -0.39 is 5.97 Å². The maximum atomic E-state index is 13.3. The number of nitrogens with zero attached hydrogens (tertiary/aromatic N) is 3. The van der Waals surface area contributed by atoms with Crippen molar-refractivity contribution in [3.8, 4) is 16.9 Å². The molecule has 3 rings (SSSR count). The first-order valence-corrected chi connectivity index (χ1v) is 13.4. The van der Waals surface area contributed by atoms with Crippen LogP contribution in [-0.2, 0) is 4.74 Å². The van der Waals surface area contributed by atoms with Crippen LogP contribution in [0.4, 0.5) is 0 Å². The van der Waals surface area contributed by atoms with Gasteiger partial charge in [-0.15, -0.1) is 0 Å². The number of halogens is 1. The van der Waals surface area contributed by atoms with Crippen LogP contribution in [0.1, 0.15) is 68.3 Å². The molecule has 0 saturated carbocycles. The molecule has 0 radical (unpaired) electrons. The van der Waals surface area contributed by atoms with E-state index in [2.05, 4.69) is 48.7 Å². The Kier molecular flexibility index (Phi) is 9.88. The summed E-state index contributed by atoms with van der Waals surface area (Å²) in [6.07, 6.45) is 1.95. The Labute approximate surface area is 222 Å². The van der Waals surface area contributed by atoms with Crippen molar-refractivity contribution in [3.05, 3.63) is 70.3 Å². The van der Waals surface area contributed by atoms with Crippen LogP contribution in [-0.4, -0.2) is 46.3 Å². The van der Waals surface area contributed by atoms with E-state index in [1.807, 2.05) is 53.4 Å². The molecule has 6 nitrogen and oxygen atoms in total. The van der Waals surface area contributed by atoms with Gasteiger partial charge in [0.1, 0.15) is 0 Å². The molecule has 0 N–H and O–H groups in total. The predicted octanol–water partition coefficient (Wildman–Crippen LogP) is 7.01. The highest BCUT2D eigenvalue weighted by Crippen LogP contribution is 2.26. The maximum absolute atomic E-state index is 13.3. The lowest BCUT2D eigenvalue weighted by Gasteiger charge is -2.24. The lowest BCUT2D eigenvalue weighted by Crippen LogP contribution is -2.34. The molecular formula is C29H36BrN3O3. The average Bonchev–Trinajstić information content (AvgIpc) is 3.30. The van der Waals surface area contributed by atoms with Crippen LogP contribution in [0.3, 0.4) is 0 Å².